The first-order chi connectivity index (χ1) is 10.4. The predicted molar refractivity (Wildman–Crippen MR) is 97.0 cm³/mol. The van der Waals surface area contributed by atoms with Crippen molar-refractivity contribution in [3.63, 3.8) is 0 Å². The van der Waals surface area contributed by atoms with Crippen LogP contribution in [-0.4, -0.2) is 26.0 Å². The van der Waals surface area contributed by atoms with Crippen LogP contribution in [0.5, 0.6) is 0 Å². The molecular formula is C15H23Cl2N5O2. The van der Waals surface area contributed by atoms with Crippen LogP contribution in [0.25, 0.3) is 5.65 Å². The maximum atomic E-state index is 12.3. The molecule has 134 valence electrons. The molecule has 4 N–H and O–H groups in total. The van der Waals surface area contributed by atoms with Gasteiger partial charge in [-0.15, -0.1) is 24.8 Å². The summed E-state index contributed by atoms with van der Waals surface area (Å²) in [5.74, 6) is -0.107. The van der Waals surface area contributed by atoms with Crippen molar-refractivity contribution >= 4 is 36.4 Å². The van der Waals surface area contributed by atoms with Crippen LogP contribution in [0.1, 0.15) is 42.6 Å². The number of carbonyl (C=O) groups excluding carboxylic acids is 1. The van der Waals surface area contributed by atoms with Crippen LogP contribution in [0, 0.1) is 13.8 Å². The zero-order valence-electron chi connectivity index (χ0n) is 13.7. The minimum absolute atomic E-state index is 0. The second-order valence-corrected chi connectivity index (χ2v) is 6.12. The van der Waals surface area contributed by atoms with Gasteiger partial charge in [0, 0.05) is 29.6 Å². The maximum absolute atomic E-state index is 12.3. The second-order valence-electron chi connectivity index (χ2n) is 6.12. The van der Waals surface area contributed by atoms with Gasteiger partial charge in [-0.1, -0.05) is 12.8 Å². The van der Waals surface area contributed by atoms with Crippen LogP contribution in [-0.2, 0) is 11.3 Å². The Hall–Kier alpha value is -1.57. The molecule has 0 aromatic carbocycles. The predicted octanol–water partition coefficient (Wildman–Crippen LogP) is 1.37. The molecule has 0 spiro atoms. The van der Waals surface area contributed by atoms with E-state index in [2.05, 4.69) is 15.4 Å². The number of nitrogens with two attached hydrogens (primary N) is 1. The van der Waals surface area contributed by atoms with E-state index in [4.69, 9.17) is 5.73 Å². The number of hydrogen-bond acceptors (Lipinski definition) is 4. The van der Waals surface area contributed by atoms with E-state index in [9.17, 15) is 9.59 Å². The summed E-state index contributed by atoms with van der Waals surface area (Å²) in [4.78, 5) is 28.2. The fraction of sp³-hybridized carbons (Fsp3) is 0.533. The number of fused-ring (bicyclic) bond motifs is 1. The van der Waals surface area contributed by atoms with E-state index >= 15 is 0 Å². The molecule has 1 fully saturated rings. The zero-order valence-corrected chi connectivity index (χ0v) is 15.4. The highest BCUT2D eigenvalue weighted by atomic mass is 35.5. The number of halogens is 2. The molecule has 0 aliphatic heterocycles. The Morgan fingerprint density at radius 1 is 1.38 bits per heavy atom. The number of hydrogen-bond donors (Lipinski definition) is 3. The highest BCUT2D eigenvalue weighted by Gasteiger charge is 2.36. The van der Waals surface area contributed by atoms with Gasteiger partial charge in [0.1, 0.15) is 0 Å². The monoisotopic (exact) mass is 375 g/mol. The normalized spacial score (nSPS) is 15.6. The van der Waals surface area contributed by atoms with Crippen LogP contribution < -0.4 is 16.6 Å². The quantitative estimate of drug-likeness (QED) is 0.752. The van der Waals surface area contributed by atoms with E-state index in [1.54, 1.807) is 4.52 Å². The summed E-state index contributed by atoms with van der Waals surface area (Å²) >= 11 is 0. The molecule has 2 heterocycles. The van der Waals surface area contributed by atoms with E-state index < -0.39 is 5.54 Å². The molecule has 1 aliphatic carbocycles. The van der Waals surface area contributed by atoms with Gasteiger partial charge in [-0.25, -0.2) is 9.50 Å². The molecule has 1 amide bonds. The molecular weight excluding hydrogens is 353 g/mol. The van der Waals surface area contributed by atoms with Gasteiger partial charge in [0.2, 0.25) is 5.91 Å². The van der Waals surface area contributed by atoms with Crippen molar-refractivity contribution < 1.29 is 4.79 Å². The Balaban J connectivity index is 0.00000144. The molecule has 2 aromatic rings. The molecule has 0 atom stereocenters. The van der Waals surface area contributed by atoms with Crippen LogP contribution >= 0.6 is 24.8 Å². The molecule has 3 rings (SSSR count). The van der Waals surface area contributed by atoms with Crippen LogP contribution in [0.15, 0.2) is 10.9 Å². The van der Waals surface area contributed by atoms with Crippen molar-refractivity contribution in [1.29, 1.82) is 0 Å². The van der Waals surface area contributed by atoms with Crippen molar-refractivity contribution in [3.05, 3.63) is 33.4 Å². The molecule has 2 aromatic heterocycles. The topological polar surface area (TPSA) is 105 Å². The molecule has 0 radical (unpaired) electrons. The largest absolute Gasteiger partial charge is 0.350 e. The summed E-state index contributed by atoms with van der Waals surface area (Å²) < 4.78 is 1.64. The van der Waals surface area contributed by atoms with Crippen molar-refractivity contribution in [1.82, 2.24) is 19.9 Å². The lowest BCUT2D eigenvalue weighted by atomic mass is 9.98. The van der Waals surface area contributed by atoms with Crippen LogP contribution in [0.2, 0.25) is 0 Å². The maximum Gasteiger partial charge on any atom is 0.266 e. The molecule has 24 heavy (non-hydrogen) atoms. The number of aromatic amines is 1. The zero-order chi connectivity index (χ0) is 15.9. The summed E-state index contributed by atoms with van der Waals surface area (Å²) in [6.07, 6.45) is 3.47. The van der Waals surface area contributed by atoms with Crippen molar-refractivity contribution in [2.24, 2.45) is 5.73 Å². The lowest BCUT2D eigenvalue weighted by molar-refractivity contribution is -0.126. The number of nitrogens with zero attached hydrogens (tertiary/aromatic N) is 2. The molecule has 1 saturated carbocycles. The third kappa shape index (κ3) is 3.58. The summed E-state index contributed by atoms with van der Waals surface area (Å²) in [5, 5.41) is 5.63. The minimum atomic E-state index is -0.735. The van der Waals surface area contributed by atoms with Gasteiger partial charge in [-0.05, 0) is 26.7 Å². The number of rotatable bonds is 3. The molecule has 9 heteroatoms. The summed E-state index contributed by atoms with van der Waals surface area (Å²) in [6, 6.07) is 1.45. The first-order valence-electron chi connectivity index (χ1n) is 7.56. The summed E-state index contributed by atoms with van der Waals surface area (Å²) in [5.41, 5.74) is 8.38. The number of amides is 1. The van der Waals surface area contributed by atoms with Gasteiger partial charge in [0.15, 0.2) is 5.65 Å². The number of nitrogens with one attached hydrogen (secondary N) is 2. The van der Waals surface area contributed by atoms with E-state index in [0.29, 0.717) is 12.2 Å². The number of aromatic nitrogens is 3. The minimum Gasteiger partial charge on any atom is -0.350 e. The van der Waals surface area contributed by atoms with Crippen LogP contribution in [0.4, 0.5) is 0 Å². The average molecular weight is 376 g/mol. The second kappa shape index (κ2) is 7.55. The van der Waals surface area contributed by atoms with E-state index in [-0.39, 0.29) is 36.3 Å². The fourth-order valence-corrected chi connectivity index (χ4v) is 3.19. The Bertz CT molecular complexity index is 793. The number of aryl methyl sites for hydroxylation is 2. The van der Waals surface area contributed by atoms with Gasteiger partial charge in [-0.3, -0.25) is 14.7 Å². The van der Waals surface area contributed by atoms with Crippen molar-refractivity contribution in [3.8, 4) is 0 Å². The first-order valence-corrected chi connectivity index (χ1v) is 7.56. The third-order valence-electron chi connectivity index (χ3n) is 4.58. The van der Waals surface area contributed by atoms with Crippen molar-refractivity contribution in [2.75, 3.05) is 0 Å². The first kappa shape index (κ1) is 20.5. The van der Waals surface area contributed by atoms with E-state index in [1.165, 1.54) is 6.07 Å². The van der Waals surface area contributed by atoms with E-state index in [0.717, 1.165) is 42.6 Å². The molecule has 7 nitrogen and oxygen atoms in total. The summed E-state index contributed by atoms with van der Waals surface area (Å²) in [7, 11) is 0. The van der Waals surface area contributed by atoms with Gasteiger partial charge < -0.3 is 11.1 Å². The average Bonchev–Trinajstić information content (AvgIpc) is 3.05. The number of H-pyrrole nitrogens is 1. The lowest BCUT2D eigenvalue weighted by Crippen LogP contribution is -2.51. The standard InChI is InChI=1S/C15H21N5O2.2ClH/c1-9-11(8-17-14(22)15(16)5-3-4-6-15)10(2)20-12(18-9)7-13(21)19-20;;/h7H,3-6,8,16H2,1-2H3,(H,17,22)(H,19,21);2*1H. The SMILES string of the molecule is Cc1nc2cc(=O)[nH]n2c(C)c1CNC(=O)C1(N)CCCC1.Cl.Cl. The van der Waals surface area contributed by atoms with Gasteiger partial charge >= 0.3 is 0 Å². The highest BCUT2D eigenvalue weighted by Crippen LogP contribution is 2.27. The molecule has 0 unspecified atom stereocenters. The Morgan fingerprint density at radius 2 is 2.00 bits per heavy atom. The third-order valence-corrected chi connectivity index (χ3v) is 4.58. The van der Waals surface area contributed by atoms with Gasteiger partial charge in [0.25, 0.3) is 5.56 Å². The van der Waals surface area contributed by atoms with Crippen LogP contribution in [0.3, 0.4) is 0 Å². The summed E-state index contributed by atoms with van der Waals surface area (Å²) in [6.45, 7) is 4.13. The molecule has 0 bridgehead atoms. The smallest absolute Gasteiger partial charge is 0.266 e. The van der Waals surface area contributed by atoms with Crippen molar-refractivity contribution in [2.45, 2.75) is 51.6 Å². The number of carbonyl (C=O) groups is 1. The Labute approximate surface area is 152 Å². The highest BCUT2D eigenvalue weighted by molar-refractivity contribution is 5.86. The molecule has 0 saturated heterocycles. The van der Waals surface area contributed by atoms with E-state index in [1.807, 2.05) is 13.8 Å². The Morgan fingerprint density at radius 3 is 2.62 bits per heavy atom. The Kier molecular flexibility index (Phi) is 6.44. The van der Waals surface area contributed by atoms with Gasteiger partial charge in [-0.2, -0.15) is 0 Å². The lowest BCUT2D eigenvalue weighted by Gasteiger charge is -2.23. The van der Waals surface area contributed by atoms with Gasteiger partial charge in [0.05, 0.1) is 5.54 Å². The fourth-order valence-electron chi connectivity index (χ4n) is 3.19. The molecule has 1 aliphatic rings.